The first-order valence-electron chi connectivity index (χ1n) is 8.41. The van der Waals surface area contributed by atoms with Gasteiger partial charge in [-0.3, -0.25) is 9.48 Å². The Morgan fingerprint density at radius 2 is 2.30 bits per heavy atom. The van der Waals surface area contributed by atoms with Gasteiger partial charge in [0.05, 0.1) is 10.6 Å². The lowest BCUT2D eigenvalue weighted by molar-refractivity contribution is 0.0679. The van der Waals surface area contributed by atoms with Crippen LogP contribution in [0.15, 0.2) is 6.07 Å². The van der Waals surface area contributed by atoms with Gasteiger partial charge in [0.1, 0.15) is 4.83 Å². The summed E-state index contributed by atoms with van der Waals surface area (Å²) in [6, 6.07) is 2.05. The van der Waals surface area contributed by atoms with E-state index in [9.17, 15) is 4.79 Å². The lowest BCUT2D eigenvalue weighted by Crippen LogP contribution is -2.42. The summed E-state index contributed by atoms with van der Waals surface area (Å²) < 4.78 is 1.91. The second-order valence-corrected chi connectivity index (χ2v) is 7.84. The molecule has 1 aliphatic heterocycles. The third-order valence-electron chi connectivity index (χ3n) is 4.60. The van der Waals surface area contributed by atoms with Gasteiger partial charge >= 0.3 is 0 Å². The van der Waals surface area contributed by atoms with Gasteiger partial charge in [-0.15, -0.1) is 11.3 Å². The molecule has 1 N–H and O–H groups in total. The number of carbonyl (C=O) groups excluding carboxylic acids is 1. The van der Waals surface area contributed by atoms with Gasteiger partial charge in [0.25, 0.3) is 5.91 Å². The fourth-order valence-electron chi connectivity index (χ4n) is 3.46. The van der Waals surface area contributed by atoms with Crippen molar-refractivity contribution in [2.45, 2.75) is 32.6 Å². The molecule has 0 spiro atoms. The Bertz CT molecular complexity index is 701. The number of carbonyl (C=O) groups is 1. The molecular formula is C17H26N4OS. The van der Waals surface area contributed by atoms with Crippen molar-refractivity contribution in [3.63, 3.8) is 0 Å². The van der Waals surface area contributed by atoms with Gasteiger partial charge < -0.3 is 10.2 Å². The maximum Gasteiger partial charge on any atom is 0.264 e. The summed E-state index contributed by atoms with van der Waals surface area (Å²) in [6.45, 7) is 7.02. The van der Waals surface area contributed by atoms with Gasteiger partial charge in [-0.2, -0.15) is 5.10 Å². The van der Waals surface area contributed by atoms with Gasteiger partial charge in [-0.1, -0.05) is 13.8 Å². The van der Waals surface area contributed by atoms with Gasteiger partial charge in [0.15, 0.2) is 0 Å². The van der Waals surface area contributed by atoms with Crippen molar-refractivity contribution >= 4 is 27.5 Å². The van der Waals surface area contributed by atoms with Gasteiger partial charge in [-0.05, 0) is 44.3 Å². The van der Waals surface area contributed by atoms with E-state index in [1.54, 1.807) is 11.3 Å². The summed E-state index contributed by atoms with van der Waals surface area (Å²) in [6.07, 6.45) is 2.31. The smallest absolute Gasteiger partial charge is 0.264 e. The molecule has 1 unspecified atom stereocenters. The molecule has 3 heterocycles. The van der Waals surface area contributed by atoms with Crippen molar-refractivity contribution in [3.8, 4) is 0 Å². The molecule has 6 heteroatoms. The van der Waals surface area contributed by atoms with Crippen LogP contribution in [0.1, 0.15) is 48.0 Å². The summed E-state index contributed by atoms with van der Waals surface area (Å²) in [5.41, 5.74) is 1.09. The quantitative estimate of drug-likeness (QED) is 0.935. The van der Waals surface area contributed by atoms with Gasteiger partial charge in [0.2, 0.25) is 0 Å². The SMILES string of the molecule is CNCC1CCCN(C(=O)c2cc3c(C(C)C)nn(C)c3s2)C1. The average Bonchev–Trinajstić information content (AvgIpc) is 3.08. The van der Waals surface area contributed by atoms with Crippen LogP contribution in [-0.2, 0) is 7.05 Å². The summed E-state index contributed by atoms with van der Waals surface area (Å²) >= 11 is 1.57. The van der Waals surface area contributed by atoms with Crippen LogP contribution in [0.2, 0.25) is 0 Å². The summed E-state index contributed by atoms with van der Waals surface area (Å²) in [5, 5.41) is 8.97. The second kappa shape index (κ2) is 6.61. The number of aryl methyl sites for hydroxylation is 1. The standard InChI is InChI=1S/C17H26N4OS/c1-11(2)15-13-8-14(23-17(13)20(4)19-15)16(22)21-7-5-6-12(10-21)9-18-3/h8,11-12,18H,5-7,9-10H2,1-4H3. The Morgan fingerprint density at radius 3 is 3.00 bits per heavy atom. The lowest BCUT2D eigenvalue weighted by atomic mass is 9.98. The summed E-state index contributed by atoms with van der Waals surface area (Å²) in [7, 11) is 3.94. The molecular weight excluding hydrogens is 308 g/mol. The minimum absolute atomic E-state index is 0.182. The fourth-order valence-corrected chi connectivity index (χ4v) is 4.51. The maximum atomic E-state index is 12.9. The maximum absolute atomic E-state index is 12.9. The molecule has 1 amide bonds. The molecule has 5 nitrogen and oxygen atoms in total. The first kappa shape index (κ1) is 16.5. The van der Waals surface area contributed by atoms with Crippen LogP contribution >= 0.6 is 11.3 Å². The van der Waals surface area contributed by atoms with Crippen molar-refractivity contribution in [1.82, 2.24) is 20.0 Å². The number of fused-ring (bicyclic) bond motifs is 1. The highest BCUT2D eigenvalue weighted by Gasteiger charge is 2.26. The topological polar surface area (TPSA) is 50.2 Å². The van der Waals surface area contributed by atoms with Crippen LogP contribution in [-0.4, -0.2) is 47.3 Å². The van der Waals surface area contributed by atoms with Crippen molar-refractivity contribution < 1.29 is 4.79 Å². The number of aromatic nitrogens is 2. The molecule has 1 fully saturated rings. The third-order valence-corrected chi connectivity index (χ3v) is 5.79. The largest absolute Gasteiger partial charge is 0.338 e. The normalized spacial score (nSPS) is 19.0. The van der Waals surface area contributed by atoms with Gasteiger partial charge in [-0.25, -0.2) is 0 Å². The molecule has 3 rings (SSSR count). The van der Waals surface area contributed by atoms with E-state index in [2.05, 4.69) is 24.3 Å². The van der Waals surface area contributed by atoms with E-state index in [1.807, 2.05) is 29.7 Å². The number of nitrogens with one attached hydrogen (secondary N) is 1. The van der Waals surface area contributed by atoms with E-state index in [1.165, 1.54) is 6.42 Å². The summed E-state index contributed by atoms with van der Waals surface area (Å²) in [4.78, 5) is 16.9. The molecule has 1 aliphatic rings. The Hall–Kier alpha value is -1.40. The highest BCUT2D eigenvalue weighted by atomic mass is 32.1. The first-order valence-corrected chi connectivity index (χ1v) is 9.23. The predicted octanol–water partition coefficient (Wildman–Crippen LogP) is 2.83. The number of thiophene rings is 1. The Morgan fingerprint density at radius 1 is 1.52 bits per heavy atom. The highest BCUT2D eigenvalue weighted by Crippen LogP contribution is 2.32. The number of piperidine rings is 1. The van der Waals surface area contributed by atoms with E-state index in [0.717, 1.165) is 46.8 Å². The molecule has 1 saturated heterocycles. The molecule has 126 valence electrons. The minimum Gasteiger partial charge on any atom is -0.338 e. The number of hydrogen-bond donors (Lipinski definition) is 1. The molecule has 0 aromatic carbocycles. The van der Waals surface area contributed by atoms with Crippen LogP contribution in [0.3, 0.4) is 0 Å². The van der Waals surface area contributed by atoms with Crippen LogP contribution in [0.25, 0.3) is 10.2 Å². The van der Waals surface area contributed by atoms with Crippen molar-refractivity contribution in [1.29, 1.82) is 0 Å². The molecule has 23 heavy (non-hydrogen) atoms. The zero-order valence-corrected chi connectivity index (χ0v) is 15.2. The Labute approximate surface area is 141 Å². The number of rotatable bonds is 4. The number of likely N-dealkylation sites (tertiary alicyclic amines) is 1. The third kappa shape index (κ3) is 3.15. The molecule has 0 saturated carbocycles. The number of hydrogen-bond acceptors (Lipinski definition) is 4. The fraction of sp³-hybridized carbons (Fsp3) is 0.647. The highest BCUT2D eigenvalue weighted by molar-refractivity contribution is 7.20. The van der Waals surface area contributed by atoms with Crippen molar-refractivity contribution in [3.05, 3.63) is 16.6 Å². The van der Waals surface area contributed by atoms with Gasteiger partial charge in [0, 0.05) is 25.5 Å². The van der Waals surface area contributed by atoms with Crippen LogP contribution < -0.4 is 5.32 Å². The molecule has 0 aliphatic carbocycles. The van der Waals surface area contributed by atoms with E-state index in [0.29, 0.717) is 11.8 Å². The Kier molecular flexibility index (Phi) is 4.73. The second-order valence-electron chi connectivity index (χ2n) is 6.81. The molecule has 0 bridgehead atoms. The van der Waals surface area contributed by atoms with Crippen LogP contribution in [0.5, 0.6) is 0 Å². The van der Waals surface area contributed by atoms with E-state index in [-0.39, 0.29) is 5.91 Å². The van der Waals surface area contributed by atoms with E-state index >= 15 is 0 Å². The summed E-state index contributed by atoms with van der Waals surface area (Å²) in [5.74, 6) is 1.12. The van der Waals surface area contributed by atoms with Crippen molar-refractivity contribution in [2.24, 2.45) is 13.0 Å². The minimum atomic E-state index is 0.182. The Balaban J connectivity index is 1.85. The predicted molar refractivity (Wildman–Crippen MR) is 95.2 cm³/mol. The van der Waals surface area contributed by atoms with Crippen molar-refractivity contribution in [2.75, 3.05) is 26.7 Å². The van der Waals surface area contributed by atoms with Crippen LogP contribution in [0, 0.1) is 5.92 Å². The number of nitrogens with zero attached hydrogens (tertiary/aromatic N) is 3. The molecule has 2 aromatic heterocycles. The van der Waals surface area contributed by atoms with Crippen LogP contribution in [0.4, 0.5) is 0 Å². The number of amides is 1. The average molecular weight is 334 g/mol. The van der Waals surface area contributed by atoms with E-state index < -0.39 is 0 Å². The zero-order valence-electron chi connectivity index (χ0n) is 14.4. The molecule has 0 radical (unpaired) electrons. The first-order chi connectivity index (χ1) is 11.0. The zero-order chi connectivity index (χ0) is 16.6. The lowest BCUT2D eigenvalue weighted by Gasteiger charge is -2.32. The van der Waals surface area contributed by atoms with E-state index in [4.69, 9.17) is 0 Å². The molecule has 2 aromatic rings. The monoisotopic (exact) mass is 334 g/mol. The molecule has 1 atom stereocenters.